The molecule has 2 N–H and O–H groups in total. The largest absolute Gasteiger partial charge is 0.334 e. The van der Waals surface area contributed by atoms with Crippen LogP contribution in [0, 0.1) is 0 Å². The standard InChI is InChI=1S/C13H17N3OS/c1-2-18-9-12-15-13(17-16-12)11-6-4-3-5-10(11)7-8-14/h3-6H,2,7-9,14H2,1H3. The molecule has 0 aliphatic carbocycles. The monoisotopic (exact) mass is 263 g/mol. The van der Waals surface area contributed by atoms with Crippen molar-refractivity contribution in [1.29, 1.82) is 0 Å². The van der Waals surface area contributed by atoms with Gasteiger partial charge in [0.05, 0.1) is 5.75 Å². The Morgan fingerprint density at radius 3 is 2.94 bits per heavy atom. The van der Waals surface area contributed by atoms with Gasteiger partial charge in [0.1, 0.15) is 0 Å². The molecule has 0 aliphatic heterocycles. The minimum atomic E-state index is 0.589. The molecule has 0 amide bonds. The van der Waals surface area contributed by atoms with Gasteiger partial charge in [-0.05, 0) is 30.3 Å². The molecule has 0 unspecified atom stereocenters. The second-order valence-electron chi connectivity index (χ2n) is 3.85. The van der Waals surface area contributed by atoms with E-state index in [0.29, 0.717) is 12.4 Å². The molecule has 0 radical (unpaired) electrons. The molecule has 0 atom stereocenters. The third kappa shape index (κ3) is 3.11. The summed E-state index contributed by atoms with van der Waals surface area (Å²) in [7, 11) is 0. The molecule has 0 bridgehead atoms. The van der Waals surface area contributed by atoms with Gasteiger partial charge in [0.2, 0.25) is 0 Å². The molecule has 96 valence electrons. The first-order chi connectivity index (χ1) is 8.85. The van der Waals surface area contributed by atoms with E-state index in [4.69, 9.17) is 10.3 Å². The first-order valence-electron chi connectivity index (χ1n) is 6.03. The summed E-state index contributed by atoms with van der Waals surface area (Å²) in [5.41, 5.74) is 7.75. The van der Waals surface area contributed by atoms with E-state index in [1.165, 1.54) is 0 Å². The lowest BCUT2D eigenvalue weighted by Gasteiger charge is -2.03. The lowest BCUT2D eigenvalue weighted by molar-refractivity contribution is 0.425. The maximum Gasteiger partial charge on any atom is 0.258 e. The fraction of sp³-hybridized carbons (Fsp3) is 0.385. The number of benzene rings is 1. The molecule has 0 saturated heterocycles. The summed E-state index contributed by atoms with van der Waals surface area (Å²) in [6, 6.07) is 8.01. The molecule has 2 aromatic rings. The van der Waals surface area contributed by atoms with Gasteiger partial charge in [-0.15, -0.1) is 0 Å². The van der Waals surface area contributed by atoms with Crippen LogP contribution in [0.25, 0.3) is 11.5 Å². The Balaban J connectivity index is 2.22. The van der Waals surface area contributed by atoms with Crippen LogP contribution < -0.4 is 5.73 Å². The van der Waals surface area contributed by atoms with Crippen LogP contribution in [0.3, 0.4) is 0 Å². The van der Waals surface area contributed by atoms with E-state index in [1.54, 1.807) is 11.8 Å². The first kappa shape index (κ1) is 13.1. The molecule has 1 aromatic carbocycles. The zero-order valence-corrected chi connectivity index (χ0v) is 11.2. The molecule has 5 heteroatoms. The van der Waals surface area contributed by atoms with E-state index >= 15 is 0 Å². The van der Waals surface area contributed by atoms with Crippen LogP contribution in [-0.2, 0) is 12.2 Å². The molecule has 2 rings (SSSR count). The predicted molar refractivity (Wildman–Crippen MR) is 74.3 cm³/mol. The van der Waals surface area contributed by atoms with Crippen LogP contribution in [0.2, 0.25) is 0 Å². The molecule has 0 fully saturated rings. The summed E-state index contributed by atoms with van der Waals surface area (Å²) in [5.74, 6) is 3.18. The Morgan fingerprint density at radius 1 is 1.33 bits per heavy atom. The van der Waals surface area contributed by atoms with Crippen molar-refractivity contribution in [2.75, 3.05) is 12.3 Å². The SMILES string of the molecule is CCSCc1noc(-c2ccccc2CCN)n1. The van der Waals surface area contributed by atoms with Gasteiger partial charge in [-0.1, -0.05) is 30.3 Å². The summed E-state index contributed by atoms with van der Waals surface area (Å²) in [5, 5.41) is 3.99. The van der Waals surface area contributed by atoms with Gasteiger partial charge in [0, 0.05) is 5.56 Å². The Labute approximate surface area is 111 Å². The fourth-order valence-corrected chi connectivity index (χ4v) is 2.22. The van der Waals surface area contributed by atoms with Crippen LogP contribution in [0.4, 0.5) is 0 Å². The van der Waals surface area contributed by atoms with Crippen LogP contribution in [0.1, 0.15) is 18.3 Å². The van der Waals surface area contributed by atoms with Crippen molar-refractivity contribution < 1.29 is 4.52 Å². The number of nitrogens with zero attached hydrogens (tertiary/aromatic N) is 2. The first-order valence-corrected chi connectivity index (χ1v) is 7.19. The van der Waals surface area contributed by atoms with E-state index in [1.807, 2.05) is 24.3 Å². The summed E-state index contributed by atoms with van der Waals surface area (Å²) in [6.07, 6.45) is 0.817. The number of hydrogen-bond acceptors (Lipinski definition) is 5. The van der Waals surface area contributed by atoms with Crippen molar-refractivity contribution >= 4 is 11.8 Å². The van der Waals surface area contributed by atoms with E-state index < -0.39 is 0 Å². The van der Waals surface area contributed by atoms with E-state index in [2.05, 4.69) is 17.1 Å². The van der Waals surface area contributed by atoms with Crippen molar-refractivity contribution in [2.45, 2.75) is 19.1 Å². The van der Waals surface area contributed by atoms with E-state index in [9.17, 15) is 0 Å². The Hall–Kier alpha value is -1.33. The maximum atomic E-state index is 5.61. The zero-order chi connectivity index (χ0) is 12.8. The summed E-state index contributed by atoms with van der Waals surface area (Å²) in [4.78, 5) is 4.42. The van der Waals surface area contributed by atoms with Crippen LogP contribution >= 0.6 is 11.8 Å². The van der Waals surface area contributed by atoms with Gasteiger partial charge in [0.25, 0.3) is 5.89 Å². The van der Waals surface area contributed by atoms with Crippen molar-refractivity contribution in [2.24, 2.45) is 5.73 Å². The molecular weight excluding hydrogens is 246 g/mol. The molecule has 1 heterocycles. The van der Waals surface area contributed by atoms with E-state index in [-0.39, 0.29) is 0 Å². The minimum Gasteiger partial charge on any atom is -0.334 e. The average Bonchev–Trinajstić information content (AvgIpc) is 2.86. The Kier molecular flexibility index (Phi) is 4.78. The maximum absolute atomic E-state index is 5.61. The number of hydrogen-bond donors (Lipinski definition) is 1. The Morgan fingerprint density at radius 2 is 2.17 bits per heavy atom. The van der Waals surface area contributed by atoms with Crippen LogP contribution in [0.5, 0.6) is 0 Å². The lowest BCUT2D eigenvalue weighted by Crippen LogP contribution is -2.03. The van der Waals surface area contributed by atoms with Crippen LogP contribution in [0.15, 0.2) is 28.8 Å². The second-order valence-corrected chi connectivity index (χ2v) is 5.12. The van der Waals surface area contributed by atoms with E-state index in [0.717, 1.165) is 34.9 Å². The number of rotatable bonds is 6. The lowest BCUT2D eigenvalue weighted by atomic mass is 10.0. The van der Waals surface area contributed by atoms with Crippen molar-refractivity contribution in [3.05, 3.63) is 35.7 Å². The highest BCUT2D eigenvalue weighted by molar-refractivity contribution is 7.98. The van der Waals surface area contributed by atoms with Gasteiger partial charge in [-0.25, -0.2) is 0 Å². The molecule has 18 heavy (non-hydrogen) atoms. The van der Waals surface area contributed by atoms with Crippen molar-refractivity contribution in [1.82, 2.24) is 10.1 Å². The number of nitrogens with two attached hydrogens (primary N) is 1. The third-order valence-electron chi connectivity index (χ3n) is 2.56. The second kappa shape index (κ2) is 6.56. The van der Waals surface area contributed by atoms with Gasteiger partial charge in [-0.3, -0.25) is 0 Å². The highest BCUT2D eigenvalue weighted by Gasteiger charge is 2.11. The van der Waals surface area contributed by atoms with Crippen molar-refractivity contribution in [3.8, 4) is 11.5 Å². The van der Waals surface area contributed by atoms with Crippen molar-refractivity contribution in [3.63, 3.8) is 0 Å². The third-order valence-corrected chi connectivity index (χ3v) is 3.44. The molecule has 0 aliphatic rings. The van der Waals surface area contributed by atoms with Gasteiger partial charge in [0.15, 0.2) is 5.82 Å². The highest BCUT2D eigenvalue weighted by atomic mass is 32.2. The molecule has 4 nitrogen and oxygen atoms in total. The Bertz CT molecular complexity index is 498. The van der Waals surface area contributed by atoms with Gasteiger partial charge in [-0.2, -0.15) is 16.7 Å². The highest BCUT2D eigenvalue weighted by Crippen LogP contribution is 2.23. The smallest absolute Gasteiger partial charge is 0.258 e. The summed E-state index contributed by atoms with van der Waals surface area (Å²) >= 11 is 1.78. The number of aromatic nitrogens is 2. The molecule has 0 saturated carbocycles. The fourth-order valence-electron chi connectivity index (χ4n) is 1.72. The van der Waals surface area contributed by atoms with Crippen LogP contribution in [-0.4, -0.2) is 22.4 Å². The molecule has 1 aromatic heterocycles. The minimum absolute atomic E-state index is 0.589. The summed E-state index contributed by atoms with van der Waals surface area (Å²) < 4.78 is 5.32. The summed E-state index contributed by atoms with van der Waals surface area (Å²) in [6.45, 7) is 2.73. The average molecular weight is 263 g/mol. The normalized spacial score (nSPS) is 10.8. The topological polar surface area (TPSA) is 64.9 Å². The molecule has 0 spiro atoms. The van der Waals surface area contributed by atoms with Gasteiger partial charge >= 0.3 is 0 Å². The number of thioether (sulfide) groups is 1. The van der Waals surface area contributed by atoms with Gasteiger partial charge < -0.3 is 10.3 Å². The zero-order valence-electron chi connectivity index (χ0n) is 10.4. The molecular formula is C13H17N3OS. The quantitative estimate of drug-likeness (QED) is 0.867. The predicted octanol–water partition coefficient (Wildman–Crippen LogP) is 2.49.